The van der Waals surface area contributed by atoms with Crippen molar-refractivity contribution in [3.05, 3.63) is 52.5 Å². The number of anilines is 3. The zero-order valence-electron chi connectivity index (χ0n) is 14.1. The van der Waals surface area contributed by atoms with E-state index in [9.17, 15) is 14.7 Å². The maximum atomic E-state index is 11.9. The van der Waals surface area contributed by atoms with Crippen LogP contribution in [0.1, 0.15) is 29.8 Å². The third-order valence-corrected chi connectivity index (χ3v) is 4.19. The van der Waals surface area contributed by atoms with Gasteiger partial charge in [-0.15, -0.1) is 0 Å². The number of ether oxygens (including phenoxy) is 1. The number of carboxylic acids is 1. The Balaban J connectivity index is 2.39. The molecule has 6 nitrogen and oxygen atoms in total. The van der Waals surface area contributed by atoms with Crippen molar-refractivity contribution >= 4 is 40.6 Å². The zero-order chi connectivity index (χ0) is 18.8. The zero-order valence-corrected chi connectivity index (χ0v) is 14.8. The van der Waals surface area contributed by atoms with Crippen LogP contribution in [0, 0.1) is 0 Å². The van der Waals surface area contributed by atoms with Crippen molar-refractivity contribution in [2.45, 2.75) is 19.3 Å². The molecule has 0 atom stereocenters. The van der Waals surface area contributed by atoms with Gasteiger partial charge in [-0.2, -0.15) is 0 Å². The number of aromatic carboxylic acids is 1. The number of carbonyl (C=O) groups is 2. The number of nitrogen functional groups attached to an aromatic ring is 1. The molecular formula is C18H19ClN2O4. The molecule has 0 fully saturated rings. The normalized spacial score (nSPS) is 11.0. The fourth-order valence-electron chi connectivity index (χ4n) is 2.39. The van der Waals surface area contributed by atoms with Gasteiger partial charge < -0.3 is 20.9 Å². The Bertz CT molecular complexity index is 834. The Morgan fingerprint density at radius 2 is 1.84 bits per heavy atom. The summed E-state index contributed by atoms with van der Waals surface area (Å²) in [5, 5.41) is 12.7. The number of hydrogen-bond acceptors (Lipinski definition) is 5. The monoisotopic (exact) mass is 362 g/mol. The van der Waals surface area contributed by atoms with Gasteiger partial charge in [0, 0.05) is 5.02 Å². The van der Waals surface area contributed by atoms with Crippen LogP contribution in [-0.2, 0) is 14.9 Å². The van der Waals surface area contributed by atoms with Crippen molar-refractivity contribution in [3.63, 3.8) is 0 Å². The lowest BCUT2D eigenvalue weighted by atomic mass is 9.84. The third kappa shape index (κ3) is 3.85. The lowest BCUT2D eigenvalue weighted by molar-refractivity contribution is -0.146. The fourth-order valence-corrected chi connectivity index (χ4v) is 2.56. The minimum absolute atomic E-state index is 0.0720. The summed E-state index contributed by atoms with van der Waals surface area (Å²) >= 11 is 5.95. The van der Waals surface area contributed by atoms with Gasteiger partial charge in [0.25, 0.3) is 0 Å². The third-order valence-electron chi connectivity index (χ3n) is 3.95. The van der Waals surface area contributed by atoms with Crippen LogP contribution >= 0.6 is 11.6 Å². The van der Waals surface area contributed by atoms with E-state index >= 15 is 0 Å². The Morgan fingerprint density at radius 3 is 2.40 bits per heavy atom. The van der Waals surface area contributed by atoms with Crippen LogP contribution in [0.2, 0.25) is 5.02 Å². The Kier molecular flexibility index (Phi) is 5.23. The van der Waals surface area contributed by atoms with Gasteiger partial charge in [0.1, 0.15) is 0 Å². The maximum absolute atomic E-state index is 11.9. The second-order valence-electron chi connectivity index (χ2n) is 6.04. The summed E-state index contributed by atoms with van der Waals surface area (Å²) in [6, 6.07) is 9.50. The number of rotatable bonds is 5. The first-order valence-corrected chi connectivity index (χ1v) is 7.83. The molecule has 25 heavy (non-hydrogen) atoms. The predicted octanol–water partition coefficient (Wildman–Crippen LogP) is 3.81. The highest BCUT2D eigenvalue weighted by atomic mass is 35.5. The van der Waals surface area contributed by atoms with Gasteiger partial charge in [-0.3, -0.25) is 4.79 Å². The van der Waals surface area contributed by atoms with Gasteiger partial charge in [0.05, 0.1) is 35.2 Å². The van der Waals surface area contributed by atoms with E-state index in [1.807, 2.05) is 0 Å². The first-order chi connectivity index (χ1) is 11.7. The molecule has 7 heteroatoms. The van der Waals surface area contributed by atoms with Crippen molar-refractivity contribution in [2.24, 2.45) is 0 Å². The number of benzene rings is 2. The summed E-state index contributed by atoms with van der Waals surface area (Å²) in [5.41, 5.74) is 7.18. The molecular weight excluding hydrogens is 344 g/mol. The van der Waals surface area contributed by atoms with E-state index in [1.165, 1.54) is 25.3 Å². The molecule has 0 saturated heterocycles. The minimum Gasteiger partial charge on any atom is -0.478 e. The molecule has 2 rings (SSSR count). The van der Waals surface area contributed by atoms with Crippen LogP contribution < -0.4 is 11.1 Å². The topological polar surface area (TPSA) is 102 Å². The molecule has 0 aliphatic heterocycles. The number of nitrogens with one attached hydrogen (secondary N) is 1. The first-order valence-electron chi connectivity index (χ1n) is 7.45. The second kappa shape index (κ2) is 7.03. The van der Waals surface area contributed by atoms with Crippen LogP contribution in [0.4, 0.5) is 17.1 Å². The molecule has 0 aromatic heterocycles. The van der Waals surface area contributed by atoms with Crippen molar-refractivity contribution in [1.29, 1.82) is 0 Å². The van der Waals surface area contributed by atoms with Crippen LogP contribution in [0.15, 0.2) is 36.4 Å². The van der Waals surface area contributed by atoms with Gasteiger partial charge in [-0.05, 0) is 49.7 Å². The van der Waals surface area contributed by atoms with Gasteiger partial charge in [-0.25, -0.2) is 4.79 Å². The van der Waals surface area contributed by atoms with E-state index in [0.29, 0.717) is 27.6 Å². The van der Waals surface area contributed by atoms with Crippen LogP contribution in [0.25, 0.3) is 0 Å². The molecule has 0 unspecified atom stereocenters. The average molecular weight is 363 g/mol. The number of carboxylic acid groups (broad SMARTS) is 1. The van der Waals surface area contributed by atoms with E-state index < -0.39 is 11.4 Å². The number of nitrogens with two attached hydrogens (primary N) is 1. The number of methoxy groups -OCH3 is 1. The SMILES string of the molecule is COC(=O)C(C)(C)c1ccc(Nc2cc(Cl)ccc2C(=O)O)c(N)c1. The van der Waals surface area contributed by atoms with E-state index in [1.54, 1.807) is 32.0 Å². The summed E-state index contributed by atoms with van der Waals surface area (Å²) in [7, 11) is 1.33. The summed E-state index contributed by atoms with van der Waals surface area (Å²) in [4.78, 5) is 23.3. The molecule has 0 aliphatic rings. The maximum Gasteiger partial charge on any atom is 0.337 e. The summed E-state index contributed by atoms with van der Waals surface area (Å²) in [6.07, 6.45) is 0. The van der Waals surface area contributed by atoms with Crippen molar-refractivity contribution < 1.29 is 19.4 Å². The smallest absolute Gasteiger partial charge is 0.337 e. The lowest BCUT2D eigenvalue weighted by Crippen LogP contribution is -2.30. The average Bonchev–Trinajstić information content (AvgIpc) is 2.55. The lowest BCUT2D eigenvalue weighted by Gasteiger charge is -2.23. The largest absolute Gasteiger partial charge is 0.478 e. The number of hydrogen-bond donors (Lipinski definition) is 3. The molecule has 0 radical (unpaired) electrons. The molecule has 2 aromatic rings. The van der Waals surface area contributed by atoms with E-state index in [0.717, 1.165) is 0 Å². The van der Waals surface area contributed by atoms with Gasteiger partial charge in [-0.1, -0.05) is 17.7 Å². The predicted molar refractivity (Wildman–Crippen MR) is 97.6 cm³/mol. The number of carbonyl (C=O) groups excluding carboxylic acids is 1. The van der Waals surface area contributed by atoms with Crippen LogP contribution in [0.5, 0.6) is 0 Å². The summed E-state index contributed by atoms with van der Waals surface area (Å²) < 4.78 is 4.82. The Hall–Kier alpha value is -2.73. The van der Waals surface area contributed by atoms with Crippen molar-refractivity contribution in [3.8, 4) is 0 Å². The van der Waals surface area contributed by atoms with Crippen molar-refractivity contribution in [1.82, 2.24) is 0 Å². The summed E-state index contributed by atoms with van der Waals surface area (Å²) in [6.45, 7) is 3.47. The summed E-state index contributed by atoms with van der Waals surface area (Å²) in [5.74, 6) is -1.46. The van der Waals surface area contributed by atoms with Gasteiger partial charge >= 0.3 is 11.9 Å². The van der Waals surface area contributed by atoms with Crippen LogP contribution in [-0.4, -0.2) is 24.2 Å². The first kappa shape index (κ1) is 18.6. The van der Waals surface area contributed by atoms with E-state index in [4.69, 9.17) is 22.1 Å². The molecule has 4 N–H and O–H groups in total. The van der Waals surface area contributed by atoms with Gasteiger partial charge in [0.15, 0.2) is 0 Å². The highest BCUT2D eigenvalue weighted by molar-refractivity contribution is 6.31. The molecule has 2 aromatic carbocycles. The quantitative estimate of drug-likeness (QED) is 0.552. The molecule has 0 saturated carbocycles. The van der Waals surface area contributed by atoms with Crippen molar-refractivity contribution in [2.75, 3.05) is 18.2 Å². The standard InChI is InChI=1S/C18H19ClN2O4/c1-18(2,17(24)25-3)10-4-7-14(13(20)8-10)21-15-9-11(19)5-6-12(15)16(22)23/h4-9,21H,20H2,1-3H3,(H,22,23). The number of halogens is 1. The minimum atomic E-state index is -1.08. The Morgan fingerprint density at radius 1 is 1.16 bits per heavy atom. The molecule has 0 amide bonds. The highest BCUT2D eigenvalue weighted by Crippen LogP contribution is 2.32. The number of esters is 1. The Labute approximate surface area is 150 Å². The molecule has 0 aliphatic carbocycles. The van der Waals surface area contributed by atoms with E-state index in [-0.39, 0.29) is 11.5 Å². The van der Waals surface area contributed by atoms with Gasteiger partial charge in [0.2, 0.25) is 0 Å². The second-order valence-corrected chi connectivity index (χ2v) is 6.48. The fraction of sp³-hybridized carbons (Fsp3) is 0.222. The highest BCUT2D eigenvalue weighted by Gasteiger charge is 2.31. The molecule has 132 valence electrons. The van der Waals surface area contributed by atoms with Crippen LogP contribution in [0.3, 0.4) is 0 Å². The molecule has 0 heterocycles. The molecule has 0 bridgehead atoms. The molecule has 0 spiro atoms. The van der Waals surface area contributed by atoms with E-state index in [2.05, 4.69) is 5.32 Å².